The average Bonchev–Trinajstić information content (AvgIpc) is 2.80. The highest BCUT2D eigenvalue weighted by Gasteiger charge is 2.16. The van der Waals surface area contributed by atoms with Gasteiger partial charge in [0.2, 0.25) is 11.8 Å². The van der Waals surface area contributed by atoms with Crippen LogP contribution in [0.3, 0.4) is 0 Å². The van der Waals surface area contributed by atoms with Crippen LogP contribution in [0.2, 0.25) is 0 Å². The fourth-order valence-corrected chi connectivity index (χ4v) is 2.22. The molecule has 2 aromatic rings. The van der Waals surface area contributed by atoms with Gasteiger partial charge in [0.15, 0.2) is 11.5 Å². The molecule has 7 nitrogen and oxygen atoms in total. The number of anilines is 2. The molecular formula is C16H19N3O4. The maximum atomic E-state index is 12.2. The lowest BCUT2D eigenvalue weighted by Gasteiger charge is -2.15. The van der Waals surface area contributed by atoms with E-state index in [4.69, 9.17) is 14.0 Å². The summed E-state index contributed by atoms with van der Waals surface area (Å²) in [5.74, 6) is 1.53. The standard InChI is InChI=1S/C16H19N3O4/c1-10-8-15(23-19-10)18-16(20)11(2)17-12-4-5-13-14(9-12)22-7-3-6-21-13/h4-5,8-9,11,17H,3,6-7H2,1-2H3,(H,18,20)/t11-/m0/s1. The number of amides is 1. The highest BCUT2D eigenvalue weighted by atomic mass is 16.5. The smallest absolute Gasteiger partial charge is 0.248 e. The molecule has 0 saturated carbocycles. The Morgan fingerprint density at radius 2 is 2.00 bits per heavy atom. The van der Waals surface area contributed by atoms with Crippen LogP contribution in [0.25, 0.3) is 0 Å². The van der Waals surface area contributed by atoms with Gasteiger partial charge in [-0.25, -0.2) is 0 Å². The first-order valence-corrected chi connectivity index (χ1v) is 7.52. The number of aromatic nitrogens is 1. The Kier molecular flexibility index (Phi) is 4.36. The second-order valence-corrected chi connectivity index (χ2v) is 5.40. The van der Waals surface area contributed by atoms with Crippen molar-refractivity contribution in [1.82, 2.24) is 5.16 Å². The van der Waals surface area contributed by atoms with Gasteiger partial charge in [0.05, 0.1) is 18.9 Å². The minimum absolute atomic E-state index is 0.215. The van der Waals surface area contributed by atoms with Gasteiger partial charge in [0.25, 0.3) is 0 Å². The number of benzene rings is 1. The molecular weight excluding hydrogens is 298 g/mol. The second kappa shape index (κ2) is 6.60. The molecule has 1 aliphatic rings. The van der Waals surface area contributed by atoms with Gasteiger partial charge in [0, 0.05) is 24.2 Å². The zero-order valence-corrected chi connectivity index (χ0v) is 13.1. The van der Waals surface area contributed by atoms with Gasteiger partial charge in [-0.05, 0) is 26.0 Å². The Balaban J connectivity index is 1.64. The largest absolute Gasteiger partial charge is 0.490 e. The van der Waals surface area contributed by atoms with Crippen LogP contribution in [0.1, 0.15) is 19.0 Å². The molecule has 0 aliphatic carbocycles. The summed E-state index contributed by atoms with van der Waals surface area (Å²) in [5, 5.41) is 9.53. The highest BCUT2D eigenvalue weighted by Crippen LogP contribution is 2.32. The summed E-state index contributed by atoms with van der Waals surface area (Å²) >= 11 is 0. The van der Waals surface area contributed by atoms with Crippen LogP contribution in [0.5, 0.6) is 11.5 Å². The van der Waals surface area contributed by atoms with Crippen molar-refractivity contribution < 1.29 is 18.8 Å². The third kappa shape index (κ3) is 3.74. The van der Waals surface area contributed by atoms with E-state index < -0.39 is 6.04 Å². The van der Waals surface area contributed by atoms with Gasteiger partial charge in [-0.3, -0.25) is 10.1 Å². The number of hydrogen-bond donors (Lipinski definition) is 2. The summed E-state index contributed by atoms with van der Waals surface area (Å²) < 4.78 is 16.2. The van der Waals surface area contributed by atoms with Gasteiger partial charge in [-0.1, -0.05) is 5.16 Å². The first-order chi connectivity index (χ1) is 11.1. The van der Waals surface area contributed by atoms with E-state index in [2.05, 4.69) is 15.8 Å². The van der Waals surface area contributed by atoms with Gasteiger partial charge < -0.3 is 19.3 Å². The predicted octanol–water partition coefficient (Wildman–Crippen LogP) is 2.58. The summed E-state index contributed by atoms with van der Waals surface area (Å²) in [5.41, 5.74) is 1.49. The molecule has 1 amide bonds. The first kappa shape index (κ1) is 15.2. The number of rotatable bonds is 4. The number of nitrogens with zero attached hydrogens (tertiary/aromatic N) is 1. The molecule has 1 aromatic carbocycles. The fourth-order valence-electron chi connectivity index (χ4n) is 2.22. The molecule has 23 heavy (non-hydrogen) atoms. The number of aryl methyl sites for hydroxylation is 1. The monoisotopic (exact) mass is 317 g/mol. The normalized spacial score (nSPS) is 14.7. The highest BCUT2D eigenvalue weighted by molar-refractivity contribution is 5.95. The van der Waals surface area contributed by atoms with Crippen molar-refractivity contribution in [1.29, 1.82) is 0 Å². The van der Waals surface area contributed by atoms with Gasteiger partial charge in [-0.2, -0.15) is 0 Å². The van der Waals surface area contributed by atoms with Gasteiger partial charge in [-0.15, -0.1) is 0 Å². The van der Waals surface area contributed by atoms with E-state index >= 15 is 0 Å². The lowest BCUT2D eigenvalue weighted by molar-refractivity contribution is -0.116. The third-order valence-corrected chi connectivity index (χ3v) is 3.40. The number of nitrogens with one attached hydrogen (secondary N) is 2. The molecule has 0 fully saturated rings. The quantitative estimate of drug-likeness (QED) is 0.901. The summed E-state index contributed by atoms with van der Waals surface area (Å²) in [7, 11) is 0. The minimum atomic E-state index is -0.454. The van der Waals surface area contributed by atoms with E-state index in [0.29, 0.717) is 30.5 Å². The van der Waals surface area contributed by atoms with E-state index in [1.54, 1.807) is 19.9 Å². The number of carbonyl (C=O) groups is 1. The first-order valence-electron chi connectivity index (χ1n) is 7.52. The van der Waals surface area contributed by atoms with Crippen molar-refractivity contribution >= 4 is 17.5 Å². The van der Waals surface area contributed by atoms with Gasteiger partial charge in [0.1, 0.15) is 6.04 Å². The molecule has 0 spiro atoms. The van der Waals surface area contributed by atoms with Crippen molar-refractivity contribution in [2.75, 3.05) is 23.8 Å². The molecule has 122 valence electrons. The Bertz CT molecular complexity index is 698. The number of ether oxygens (including phenoxy) is 2. The van der Waals surface area contributed by atoms with Crippen LogP contribution in [0.15, 0.2) is 28.8 Å². The van der Waals surface area contributed by atoms with E-state index in [1.165, 1.54) is 0 Å². The van der Waals surface area contributed by atoms with E-state index in [1.807, 2.05) is 18.2 Å². The summed E-state index contributed by atoms with van der Waals surface area (Å²) in [6, 6.07) is 6.75. The minimum Gasteiger partial charge on any atom is -0.490 e. The number of carbonyl (C=O) groups excluding carboxylic acids is 1. The maximum Gasteiger partial charge on any atom is 0.248 e. The molecule has 7 heteroatoms. The Morgan fingerprint density at radius 1 is 1.22 bits per heavy atom. The topological polar surface area (TPSA) is 85.6 Å². The second-order valence-electron chi connectivity index (χ2n) is 5.40. The maximum absolute atomic E-state index is 12.2. The molecule has 2 heterocycles. The van der Waals surface area contributed by atoms with Crippen LogP contribution < -0.4 is 20.1 Å². The average molecular weight is 317 g/mol. The summed E-state index contributed by atoms with van der Waals surface area (Å²) in [6.07, 6.45) is 0.854. The molecule has 1 aliphatic heterocycles. The lowest BCUT2D eigenvalue weighted by atomic mass is 10.2. The molecule has 2 N–H and O–H groups in total. The molecule has 0 radical (unpaired) electrons. The van der Waals surface area contributed by atoms with Crippen LogP contribution in [0.4, 0.5) is 11.6 Å². The van der Waals surface area contributed by atoms with Crippen molar-refractivity contribution in [3.05, 3.63) is 30.0 Å². The molecule has 1 atom stereocenters. The molecule has 0 bridgehead atoms. The molecule has 3 rings (SSSR count). The van der Waals surface area contributed by atoms with Crippen molar-refractivity contribution in [3.63, 3.8) is 0 Å². The zero-order valence-electron chi connectivity index (χ0n) is 13.1. The van der Waals surface area contributed by atoms with E-state index in [-0.39, 0.29) is 5.91 Å². The fraction of sp³-hybridized carbons (Fsp3) is 0.375. The van der Waals surface area contributed by atoms with Crippen molar-refractivity contribution in [2.45, 2.75) is 26.3 Å². The van der Waals surface area contributed by atoms with Crippen LogP contribution in [0, 0.1) is 6.92 Å². The van der Waals surface area contributed by atoms with Crippen LogP contribution in [-0.4, -0.2) is 30.3 Å². The molecule has 0 unspecified atom stereocenters. The van der Waals surface area contributed by atoms with E-state index in [0.717, 1.165) is 17.9 Å². The number of fused-ring (bicyclic) bond motifs is 1. The van der Waals surface area contributed by atoms with Crippen LogP contribution in [-0.2, 0) is 4.79 Å². The summed E-state index contributed by atoms with van der Waals surface area (Å²) in [4.78, 5) is 12.2. The SMILES string of the molecule is Cc1cc(NC(=O)[C@H](C)Nc2ccc3c(c2)OCCCO3)on1. The van der Waals surface area contributed by atoms with E-state index in [9.17, 15) is 4.79 Å². The van der Waals surface area contributed by atoms with Gasteiger partial charge >= 0.3 is 0 Å². The zero-order chi connectivity index (χ0) is 16.2. The Labute approximate surface area is 133 Å². The van der Waals surface area contributed by atoms with Crippen molar-refractivity contribution in [3.8, 4) is 11.5 Å². The lowest BCUT2D eigenvalue weighted by Crippen LogP contribution is -2.31. The molecule has 1 aromatic heterocycles. The predicted molar refractivity (Wildman–Crippen MR) is 85.0 cm³/mol. The third-order valence-electron chi connectivity index (χ3n) is 3.40. The summed E-state index contributed by atoms with van der Waals surface area (Å²) in [6.45, 7) is 4.83. The number of hydrogen-bond acceptors (Lipinski definition) is 6. The molecule has 0 saturated heterocycles. The van der Waals surface area contributed by atoms with Crippen LogP contribution >= 0.6 is 0 Å². The Hall–Kier alpha value is -2.70. The van der Waals surface area contributed by atoms with Crippen molar-refractivity contribution in [2.24, 2.45) is 0 Å². The Morgan fingerprint density at radius 3 is 2.74 bits per heavy atom.